The number of rotatable bonds is 9. The molecule has 0 radical (unpaired) electrons. The molecule has 0 amide bonds. The van der Waals surface area contributed by atoms with Gasteiger partial charge >= 0.3 is 5.97 Å². The molecule has 2 heterocycles. The summed E-state index contributed by atoms with van der Waals surface area (Å²) < 4.78 is 25.3. The molecule has 0 saturated carbocycles. The Morgan fingerprint density at radius 3 is 2.29 bits per heavy atom. The summed E-state index contributed by atoms with van der Waals surface area (Å²) >= 11 is 0. The molecule has 0 unspecified atom stereocenters. The van der Waals surface area contributed by atoms with Crippen LogP contribution in [0.5, 0.6) is 5.75 Å². The maximum Gasteiger partial charge on any atom is 0.337 e. The van der Waals surface area contributed by atoms with Crippen LogP contribution in [0.4, 0.5) is 10.1 Å². The van der Waals surface area contributed by atoms with Crippen molar-refractivity contribution in [1.29, 1.82) is 0 Å². The molecule has 7 heteroatoms. The number of aromatic nitrogens is 1. The van der Waals surface area contributed by atoms with Gasteiger partial charge in [0.05, 0.1) is 17.9 Å². The van der Waals surface area contributed by atoms with E-state index in [1.807, 2.05) is 45.0 Å². The number of carboxylic acids is 1. The van der Waals surface area contributed by atoms with Gasteiger partial charge in [0.15, 0.2) is 6.10 Å². The average molecular weight is 573 g/mol. The molecule has 2 aromatic carbocycles. The number of piperidine rings is 1. The van der Waals surface area contributed by atoms with Crippen LogP contribution in [0, 0.1) is 30.5 Å². The molecule has 1 fully saturated rings. The van der Waals surface area contributed by atoms with Crippen LogP contribution < -0.4 is 9.64 Å². The Hall–Kier alpha value is -3.89. The first-order valence-corrected chi connectivity index (χ1v) is 14.4. The van der Waals surface area contributed by atoms with Crippen molar-refractivity contribution in [2.24, 2.45) is 5.41 Å². The van der Waals surface area contributed by atoms with E-state index in [1.165, 1.54) is 12.1 Å². The summed E-state index contributed by atoms with van der Waals surface area (Å²) in [4.78, 5) is 19.7. The molecule has 4 rings (SSSR count). The molecule has 1 aromatic heterocycles. The lowest BCUT2D eigenvalue weighted by atomic mass is 9.81. The minimum absolute atomic E-state index is 0.189. The molecule has 1 atom stereocenters. The molecule has 3 aromatic rings. The molecule has 0 spiro atoms. The van der Waals surface area contributed by atoms with E-state index in [9.17, 15) is 14.3 Å². The van der Waals surface area contributed by atoms with Gasteiger partial charge in [-0.3, -0.25) is 0 Å². The Bertz CT molecular complexity index is 1440. The standard InChI is InChI=1S/C35H41FN2O4/c1-8-28-30(25-11-15-27(16-12-25)41-22-17-24-9-13-26(36)14-10-24)31(38-20-18-35(6,7)19-21-38)29(23(2)37-28)32(33(39)40)42-34(3,4)5/h1,9-16,32H,17-22H2,2-7H3,(H,39,40)/t32-/m0/s1. The second-order valence-corrected chi connectivity index (χ2v) is 12.7. The molecule has 222 valence electrons. The summed E-state index contributed by atoms with van der Waals surface area (Å²) in [6, 6.07) is 14.0. The van der Waals surface area contributed by atoms with E-state index in [4.69, 9.17) is 20.9 Å². The summed E-state index contributed by atoms with van der Waals surface area (Å²) in [5, 5.41) is 10.4. The van der Waals surface area contributed by atoms with Crippen LogP contribution in [0.25, 0.3) is 11.1 Å². The molecular weight excluding hydrogens is 531 g/mol. The molecule has 0 aliphatic carbocycles. The van der Waals surface area contributed by atoms with Crippen molar-refractivity contribution < 1.29 is 23.8 Å². The van der Waals surface area contributed by atoms with Crippen molar-refractivity contribution in [3.63, 3.8) is 0 Å². The molecule has 1 aliphatic heterocycles. The van der Waals surface area contributed by atoms with Gasteiger partial charge in [0.1, 0.15) is 17.3 Å². The third-order valence-corrected chi connectivity index (χ3v) is 7.64. The van der Waals surface area contributed by atoms with E-state index in [2.05, 4.69) is 24.7 Å². The molecule has 6 nitrogen and oxygen atoms in total. The number of halogens is 1. The third-order valence-electron chi connectivity index (χ3n) is 7.64. The first kappa shape index (κ1) is 31.1. The summed E-state index contributed by atoms with van der Waals surface area (Å²) in [5.41, 5.74) is 4.33. The second kappa shape index (κ2) is 12.5. The second-order valence-electron chi connectivity index (χ2n) is 12.7. The lowest BCUT2D eigenvalue weighted by Gasteiger charge is -2.41. The summed E-state index contributed by atoms with van der Waals surface area (Å²) in [6.45, 7) is 13.8. The summed E-state index contributed by atoms with van der Waals surface area (Å²) in [6.07, 6.45) is 7.36. The Labute approximate surface area is 248 Å². The number of aliphatic carboxylic acids is 1. The van der Waals surface area contributed by atoms with E-state index < -0.39 is 17.7 Å². The minimum atomic E-state index is -1.22. The number of carboxylic acid groups (broad SMARTS) is 1. The number of benzene rings is 2. The molecule has 42 heavy (non-hydrogen) atoms. The maximum absolute atomic E-state index is 13.2. The van der Waals surface area contributed by atoms with Crippen molar-refractivity contribution >= 4 is 11.7 Å². The van der Waals surface area contributed by atoms with Crippen LogP contribution in [-0.4, -0.2) is 41.4 Å². The molecule has 1 saturated heterocycles. The fourth-order valence-electron chi connectivity index (χ4n) is 5.30. The molecule has 1 aliphatic rings. The van der Waals surface area contributed by atoms with Gasteiger partial charge in [0.25, 0.3) is 0 Å². The largest absolute Gasteiger partial charge is 0.493 e. The molecule has 1 N–H and O–H groups in total. The number of carbonyl (C=O) groups is 1. The predicted molar refractivity (Wildman–Crippen MR) is 164 cm³/mol. The van der Waals surface area contributed by atoms with Gasteiger partial charge in [-0.25, -0.2) is 14.2 Å². The maximum atomic E-state index is 13.2. The van der Waals surface area contributed by atoms with E-state index >= 15 is 0 Å². The highest BCUT2D eigenvalue weighted by atomic mass is 19.1. The van der Waals surface area contributed by atoms with Crippen molar-refractivity contribution in [3.05, 3.63) is 76.9 Å². The van der Waals surface area contributed by atoms with E-state index in [1.54, 1.807) is 19.1 Å². The van der Waals surface area contributed by atoms with Crippen molar-refractivity contribution in [3.8, 4) is 29.2 Å². The van der Waals surface area contributed by atoms with Crippen LogP contribution in [-0.2, 0) is 16.0 Å². The quantitative estimate of drug-likeness (QED) is 0.270. The van der Waals surface area contributed by atoms with Crippen molar-refractivity contribution in [1.82, 2.24) is 4.98 Å². The van der Waals surface area contributed by atoms with E-state index in [-0.39, 0.29) is 11.2 Å². The zero-order valence-electron chi connectivity index (χ0n) is 25.5. The van der Waals surface area contributed by atoms with E-state index in [0.717, 1.165) is 48.3 Å². The highest BCUT2D eigenvalue weighted by Gasteiger charge is 2.36. The van der Waals surface area contributed by atoms with Crippen LogP contribution >= 0.6 is 0 Å². The number of pyridine rings is 1. The molecule has 0 bridgehead atoms. The Morgan fingerprint density at radius 2 is 1.74 bits per heavy atom. The normalized spacial score (nSPS) is 15.6. The minimum Gasteiger partial charge on any atom is -0.493 e. The summed E-state index contributed by atoms with van der Waals surface area (Å²) in [5.74, 6) is 2.11. The number of hydrogen-bond acceptors (Lipinski definition) is 5. The Kier molecular flexibility index (Phi) is 9.27. The van der Waals surface area contributed by atoms with Crippen molar-refractivity contribution in [2.75, 3.05) is 24.6 Å². The van der Waals surface area contributed by atoms with Crippen molar-refractivity contribution in [2.45, 2.75) is 72.5 Å². The SMILES string of the molecule is C#Cc1nc(C)c([C@H](OC(C)(C)C)C(=O)O)c(N2CCC(C)(C)CC2)c1-c1ccc(OCCc2ccc(F)cc2)cc1. The highest BCUT2D eigenvalue weighted by molar-refractivity contribution is 5.89. The van der Waals surface area contributed by atoms with Gasteiger partial charge in [0, 0.05) is 36.3 Å². The van der Waals surface area contributed by atoms with Crippen LogP contribution in [0.3, 0.4) is 0 Å². The zero-order valence-corrected chi connectivity index (χ0v) is 25.5. The third kappa shape index (κ3) is 7.49. The monoisotopic (exact) mass is 572 g/mol. The number of hydrogen-bond donors (Lipinski definition) is 1. The van der Waals surface area contributed by atoms with Crippen LogP contribution in [0.15, 0.2) is 48.5 Å². The van der Waals surface area contributed by atoms with Crippen LogP contribution in [0.2, 0.25) is 0 Å². The van der Waals surface area contributed by atoms with Gasteiger partial charge in [-0.1, -0.05) is 38.1 Å². The van der Waals surface area contributed by atoms with Gasteiger partial charge in [-0.2, -0.15) is 0 Å². The molecular formula is C35H41FN2O4. The Balaban J connectivity index is 1.76. The fourth-order valence-corrected chi connectivity index (χ4v) is 5.30. The topological polar surface area (TPSA) is 71.9 Å². The van der Waals surface area contributed by atoms with Gasteiger partial charge in [0.2, 0.25) is 0 Å². The number of terminal acetylenes is 1. The van der Waals surface area contributed by atoms with Crippen LogP contribution in [0.1, 0.15) is 76.1 Å². The first-order chi connectivity index (χ1) is 19.8. The van der Waals surface area contributed by atoms with Gasteiger partial charge in [-0.15, -0.1) is 6.42 Å². The lowest BCUT2D eigenvalue weighted by Crippen LogP contribution is -2.39. The summed E-state index contributed by atoms with van der Waals surface area (Å²) in [7, 11) is 0. The Morgan fingerprint density at radius 1 is 1.12 bits per heavy atom. The zero-order chi connectivity index (χ0) is 30.7. The van der Waals surface area contributed by atoms with Gasteiger partial charge < -0.3 is 19.5 Å². The average Bonchev–Trinajstić information content (AvgIpc) is 2.92. The lowest BCUT2D eigenvalue weighted by molar-refractivity contribution is -0.160. The fraction of sp³-hybridized carbons (Fsp3) is 0.429. The van der Waals surface area contributed by atoms with Gasteiger partial charge in [-0.05, 0) is 87.3 Å². The van der Waals surface area contributed by atoms with E-state index in [0.29, 0.717) is 35.7 Å². The first-order valence-electron chi connectivity index (χ1n) is 14.4. The number of nitrogens with zero attached hydrogens (tertiary/aromatic N) is 2. The number of anilines is 1. The predicted octanol–water partition coefficient (Wildman–Crippen LogP) is 7.37. The number of aryl methyl sites for hydroxylation is 1. The highest BCUT2D eigenvalue weighted by Crippen LogP contribution is 2.45. The number of ether oxygens (including phenoxy) is 2. The smallest absolute Gasteiger partial charge is 0.337 e.